The van der Waals surface area contributed by atoms with Gasteiger partial charge in [-0.1, -0.05) is 0 Å². The number of hydrogen-bond donors (Lipinski definition) is 2. The van der Waals surface area contributed by atoms with Gasteiger partial charge in [0, 0.05) is 6.20 Å². The minimum atomic E-state index is 0.417. The zero-order chi connectivity index (χ0) is 9.14. The summed E-state index contributed by atoms with van der Waals surface area (Å²) >= 11 is 3.09. The Kier molecular flexibility index (Phi) is 2.70. The van der Waals surface area contributed by atoms with Gasteiger partial charge in [-0.15, -0.1) is 0 Å². The molecule has 1 aromatic rings. The maximum Gasteiger partial charge on any atom is 0.101 e. The van der Waals surface area contributed by atoms with Gasteiger partial charge in [-0.25, -0.2) is 0 Å². The average molecular weight is 228 g/mol. The summed E-state index contributed by atoms with van der Waals surface area (Å²) in [4.78, 5) is 4.07. The van der Waals surface area contributed by atoms with E-state index in [9.17, 15) is 0 Å². The number of aromatic nitrogens is 1. The summed E-state index contributed by atoms with van der Waals surface area (Å²) in [6.45, 7) is 1.98. The molecule has 0 spiro atoms. The van der Waals surface area contributed by atoms with Crippen LogP contribution in [0.5, 0.6) is 0 Å². The van der Waals surface area contributed by atoms with Gasteiger partial charge in [-0.2, -0.15) is 0 Å². The first-order valence-corrected chi connectivity index (χ1v) is 4.24. The van der Waals surface area contributed by atoms with Crippen LogP contribution in [0.3, 0.4) is 0 Å². The number of nitrogens with two attached hydrogens (primary N) is 2. The first kappa shape index (κ1) is 9.06. The Hall–Kier alpha value is -1.03. The van der Waals surface area contributed by atoms with E-state index in [1.165, 1.54) is 0 Å². The van der Waals surface area contributed by atoms with Gasteiger partial charge in [0.05, 0.1) is 11.4 Å². The third-order valence-electron chi connectivity index (χ3n) is 1.45. The molecule has 4 heteroatoms. The predicted octanol–water partition coefficient (Wildman–Crippen LogP) is 1.33. The molecule has 0 radical (unpaired) electrons. The zero-order valence-electron chi connectivity index (χ0n) is 6.71. The fourth-order valence-corrected chi connectivity index (χ4v) is 1.01. The van der Waals surface area contributed by atoms with Crippen LogP contribution in [0.15, 0.2) is 22.9 Å². The third-order valence-corrected chi connectivity index (χ3v) is 1.88. The molecule has 1 aromatic heterocycles. The predicted molar refractivity (Wildman–Crippen MR) is 53.2 cm³/mol. The highest BCUT2D eigenvalue weighted by Crippen LogP contribution is 2.12. The second-order valence-electron chi connectivity index (χ2n) is 2.48. The molecular formula is C8H10BrN3. The molecule has 64 valence electrons. The Labute approximate surface area is 79.6 Å². The van der Waals surface area contributed by atoms with E-state index in [0.717, 1.165) is 5.56 Å². The van der Waals surface area contributed by atoms with Crippen LogP contribution >= 0.6 is 15.9 Å². The quantitative estimate of drug-likeness (QED) is 0.712. The van der Waals surface area contributed by atoms with Gasteiger partial charge < -0.3 is 11.5 Å². The molecule has 0 bridgehead atoms. The van der Waals surface area contributed by atoms with Crippen LogP contribution in [0.25, 0.3) is 5.70 Å². The SMILES string of the molecule is Cc1ccnc(/C(N)=C(/N)Br)c1. The van der Waals surface area contributed by atoms with Crippen molar-refractivity contribution < 1.29 is 0 Å². The van der Waals surface area contributed by atoms with Crippen LogP contribution in [0.4, 0.5) is 0 Å². The maximum atomic E-state index is 5.65. The lowest BCUT2D eigenvalue weighted by Gasteiger charge is -2.01. The van der Waals surface area contributed by atoms with Gasteiger partial charge in [0.25, 0.3) is 0 Å². The van der Waals surface area contributed by atoms with Crippen molar-refractivity contribution in [2.24, 2.45) is 11.5 Å². The summed E-state index contributed by atoms with van der Waals surface area (Å²) in [5.41, 5.74) is 13.4. The zero-order valence-corrected chi connectivity index (χ0v) is 8.30. The van der Waals surface area contributed by atoms with E-state index in [4.69, 9.17) is 11.5 Å². The van der Waals surface area contributed by atoms with Crippen LogP contribution in [-0.2, 0) is 0 Å². The van der Waals surface area contributed by atoms with E-state index in [1.54, 1.807) is 6.20 Å². The summed E-state index contributed by atoms with van der Waals surface area (Å²) in [6, 6.07) is 3.78. The number of nitrogens with zero attached hydrogens (tertiary/aromatic N) is 1. The summed E-state index contributed by atoms with van der Waals surface area (Å²) in [5.74, 6) is 0. The second kappa shape index (κ2) is 3.58. The molecule has 4 N–H and O–H groups in total. The smallest absolute Gasteiger partial charge is 0.101 e. The van der Waals surface area contributed by atoms with Crippen LogP contribution < -0.4 is 11.5 Å². The van der Waals surface area contributed by atoms with Gasteiger partial charge in [0.2, 0.25) is 0 Å². The Morgan fingerprint density at radius 1 is 1.50 bits per heavy atom. The van der Waals surface area contributed by atoms with E-state index in [0.29, 0.717) is 16.0 Å². The van der Waals surface area contributed by atoms with E-state index in [1.807, 2.05) is 19.1 Å². The standard InChI is InChI=1S/C8H10BrN3/c1-5-2-3-12-6(4-5)7(10)8(9)11/h2-4H,10-11H2,1H3/b8-7-. The monoisotopic (exact) mass is 227 g/mol. The Balaban J connectivity index is 3.13. The largest absolute Gasteiger partial charge is 0.395 e. The summed E-state index contributed by atoms with van der Waals surface area (Å²) in [7, 11) is 0. The van der Waals surface area contributed by atoms with Crippen molar-refractivity contribution in [1.82, 2.24) is 4.98 Å². The summed E-state index contributed by atoms with van der Waals surface area (Å²) in [6.07, 6.45) is 1.70. The molecule has 1 rings (SSSR count). The normalized spacial score (nSPS) is 12.5. The topological polar surface area (TPSA) is 64.9 Å². The van der Waals surface area contributed by atoms with Crippen LogP contribution in [0.1, 0.15) is 11.3 Å². The fraction of sp³-hybridized carbons (Fsp3) is 0.125. The van der Waals surface area contributed by atoms with Crippen LogP contribution in [0, 0.1) is 6.92 Å². The van der Waals surface area contributed by atoms with E-state index >= 15 is 0 Å². The molecule has 0 fully saturated rings. The molecule has 1 heterocycles. The molecule has 0 amide bonds. The molecule has 0 aliphatic rings. The number of halogens is 1. The van der Waals surface area contributed by atoms with Crippen LogP contribution in [-0.4, -0.2) is 4.98 Å². The second-order valence-corrected chi connectivity index (χ2v) is 3.33. The highest BCUT2D eigenvalue weighted by atomic mass is 79.9. The highest BCUT2D eigenvalue weighted by molar-refractivity contribution is 9.11. The minimum Gasteiger partial charge on any atom is -0.395 e. The van der Waals surface area contributed by atoms with Crippen molar-refractivity contribution >= 4 is 21.6 Å². The average Bonchev–Trinajstić information content (AvgIpc) is 2.03. The highest BCUT2D eigenvalue weighted by Gasteiger charge is 2.00. The molecule has 0 unspecified atom stereocenters. The number of hydrogen-bond acceptors (Lipinski definition) is 3. The van der Waals surface area contributed by atoms with E-state index in [-0.39, 0.29) is 0 Å². The van der Waals surface area contributed by atoms with Crippen molar-refractivity contribution in [3.05, 3.63) is 34.2 Å². The van der Waals surface area contributed by atoms with Gasteiger partial charge in [-0.05, 0) is 40.5 Å². The summed E-state index contributed by atoms with van der Waals surface area (Å²) < 4.78 is 0.417. The van der Waals surface area contributed by atoms with Crippen molar-refractivity contribution in [3.8, 4) is 0 Å². The molecule has 0 saturated carbocycles. The molecule has 3 nitrogen and oxygen atoms in total. The number of rotatable bonds is 1. The molecule has 0 saturated heterocycles. The van der Waals surface area contributed by atoms with Crippen molar-refractivity contribution in [1.29, 1.82) is 0 Å². The Morgan fingerprint density at radius 3 is 2.67 bits per heavy atom. The van der Waals surface area contributed by atoms with Crippen molar-refractivity contribution in [2.45, 2.75) is 6.92 Å². The lowest BCUT2D eigenvalue weighted by molar-refractivity contribution is 1.22. The van der Waals surface area contributed by atoms with Crippen LogP contribution in [0.2, 0.25) is 0 Å². The number of pyridine rings is 1. The molecule has 0 aliphatic carbocycles. The first-order valence-electron chi connectivity index (χ1n) is 3.45. The van der Waals surface area contributed by atoms with Crippen molar-refractivity contribution in [3.63, 3.8) is 0 Å². The van der Waals surface area contributed by atoms with Crippen molar-refractivity contribution in [2.75, 3.05) is 0 Å². The lowest BCUT2D eigenvalue weighted by atomic mass is 10.2. The number of aryl methyl sites for hydroxylation is 1. The molecule has 12 heavy (non-hydrogen) atoms. The van der Waals surface area contributed by atoms with Gasteiger partial charge in [0.1, 0.15) is 4.61 Å². The Bertz CT molecular complexity index is 316. The molecule has 0 atom stereocenters. The molecular weight excluding hydrogens is 218 g/mol. The molecule has 0 aliphatic heterocycles. The van der Waals surface area contributed by atoms with Gasteiger partial charge in [-0.3, -0.25) is 4.98 Å². The fourth-order valence-electron chi connectivity index (χ4n) is 0.806. The summed E-state index contributed by atoms with van der Waals surface area (Å²) in [5, 5.41) is 0. The van der Waals surface area contributed by atoms with Gasteiger partial charge in [0.15, 0.2) is 0 Å². The first-order chi connectivity index (χ1) is 5.61. The maximum absolute atomic E-state index is 5.65. The molecule has 0 aromatic carbocycles. The lowest BCUT2D eigenvalue weighted by Crippen LogP contribution is -2.05. The Morgan fingerprint density at radius 2 is 2.17 bits per heavy atom. The van der Waals surface area contributed by atoms with Gasteiger partial charge >= 0.3 is 0 Å². The third kappa shape index (κ3) is 1.98. The minimum absolute atomic E-state index is 0.417. The van der Waals surface area contributed by atoms with E-state index in [2.05, 4.69) is 20.9 Å². The van der Waals surface area contributed by atoms with E-state index < -0.39 is 0 Å².